The number of rotatable bonds is 11. The van der Waals surface area contributed by atoms with Gasteiger partial charge in [0, 0.05) is 24.0 Å². The first kappa shape index (κ1) is 27.3. The van der Waals surface area contributed by atoms with Crippen LogP contribution in [0.25, 0.3) is 0 Å². The van der Waals surface area contributed by atoms with E-state index in [2.05, 4.69) is 5.32 Å². The fraction of sp³-hybridized carbons (Fsp3) is 0.333. The van der Waals surface area contributed by atoms with Crippen LogP contribution in [0, 0.1) is 13.8 Å². The summed E-state index contributed by atoms with van der Waals surface area (Å²) in [5.41, 5.74) is 3.82. The molecule has 1 N–H and O–H groups in total. The molecule has 3 aromatic carbocycles. The summed E-state index contributed by atoms with van der Waals surface area (Å²) in [5.74, 6) is 0.209. The van der Waals surface area contributed by atoms with E-state index in [1.54, 1.807) is 11.0 Å². The number of nitrogens with zero attached hydrogens (tertiary/aromatic N) is 1. The number of nitrogens with one attached hydrogen (secondary N) is 1. The predicted molar refractivity (Wildman–Crippen MR) is 145 cm³/mol. The zero-order valence-electron chi connectivity index (χ0n) is 21.5. The van der Waals surface area contributed by atoms with E-state index in [-0.39, 0.29) is 31.0 Å². The van der Waals surface area contributed by atoms with Crippen LogP contribution >= 0.6 is 11.6 Å². The largest absolute Gasteiger partial charge is 0.483 e. The van der Waals surface area contributed by atoms with E-state index in [0.717, 1.165) is 28.7 Å². The molecule has 36 heavy (non-hydrogen) atoms. The Kier molecular flexibility index (Phi) is 9.95. The van der Waals surface area contributed by atoms with Gasteiger partial charge < -0.3 is 15.0 Å². The third kappa shape index (κ3) is 7.85. The van der Waals surface area contributed by atoms with Gasteiger partial charge in [0.05, 0.1) is 0 Å². The minimum absolute atomic E-state index is 0.00918. The van der Waals surface area contributed by atoms with E-state index in [0.29, 0.717) is 17.2 Å². The van der Waals surface area contributed by atoms with Crippen LogP contribution in [-0.4, -0.2) is 35.4 Å². The number of halogens is 1. The number of hydrogen-bond acceptors (Lipinski definition) is 3. The van der Waals surface area contributed by atoms with Crippen molar-refractivity contribution in [2.24, 2.45) is 0 Å². The molecule has 0 heterocycles. The predicted octanol–water partition coefficient (Wildman–Crippen LogP) is 5.89. The summed E-state index contributed by atoms with van der Waals surface area (Å²) in [4.78, 5) is 28.8. The molecule has 3 aromatic rings. The lowest BCUT2D eigenvalue weighted by molar-refractivity contribution is -0.143. The van der Waals surface area contributed by atoms with E-state index in [1.807, 2.05) is 94.4 Å². The van der Waals surface area contributed by atoms with Gasteiger partial charge in [-0.2, -0.15) is 0 Å². The van der Waals surface area contributed by atoms with Crippen molar-refractivity contribution in [1.29, 1.82) is 0 Å². The molecule has 190 valence electrons. The molecule has 0 unspecified atom stereocenters. The normalized spacial score (nSPS) is 12.5. The average molecular weight is 507 g/mol. The van der Waals surface area contributed by atoms with Crippen LogP contribution < -0.4 is 10.1 Å². The van der Waals surface area contributed by atoms with Crippen molar-refractivity contribution in [2.45, 2.75) is 59.2 Å². The van der Waals surface area contributed by atoms with Gasteiger partial charge in [0.15, 0.2) is 6.61 Å². The molecule has 0 aliphatic rings. The Balaban J connectivity index is 1.93. The molecule has 6 heteroatoms. The summed E-state index contributed by atoms with van der Waals surface area (Å²) in [6.07, 6.45) is 1.18. The average Bonchev–Trinajstić information content (AvgIpc) is 2.87. The van der Waals surface area contributed by atoms with Crippen LogP contribution in [0.5, 0.6) is 5.75 Å². The molecule has 5 nitrogen and oxygen atoms in total. The molecule has 0 saturated carbocycles. The Morgan fingerprint density at radius 3 is 2.39 bits per heavy atom. The topological polar surface area (TPSA) is 58.6 Å². The van der Waals surface area contributed by atoms with Crippen molar-refractivity contribution < 1.29 is 14.3 Å². The van der Waals surface area contributed by atoms with Crippen molar-refractivity contribution >= 4 is 23.4 Å². The molecule has 2 amide bonds. The van der Waals surface area contributed by atoms with Crippen molar-refractivity contribution in [3.05, 3.63) is 100 Å². The Hall–Kier alpha value is -3.31. The highest BCUT2D eigenvalue weighted by Crippen LogP contribution is 2.21. The van der Waals surface area contributed by atoms with Gasteiger partial charge in [0.1, 0.15) is 11.8 Å². The number of ether oxygens (including phenoxy) is 1. The third-order valence-electron chi connectivity index (χ3n) is 6.21. The van der Waals surface area contributed by atoms with Gasteiger partial charge in [-0.15, -0.1) is 0 Å². The van der Waals surface area contributed by atoms with Gasteiger partial charge >= 0.3 is 0 Å². The molecule has 0 aliphatic heterocycles. The monoisotopic (exact) mass is 506 g/mol. The Bertz CT molecular complexity index is 1170. The molecule has 2 atom stereocenters. The van der Waals surface area contributed by atoms with E-state index in [4.69, 9.17) is 16.3 Å². The summed E-state index contributed by atoms with van der Waals surface area (Å²) in [7, 11) is 0. The molecule has 0 saturated heterocycles. The number of hydrogen-bond donors (Lipinski definition) is 1. The Morgan fingerprint density at radius 1 is 0.972 bits per heavy atom. The van der Waals surface area contributed by atoms with Crippen molar-refractivity contribution in [1.82, 2.24) is 10.2 Å². The number of benzene rings is 3. The van der Waals surface area contributed by atoms with Crippen molar-refractivity contribution in [3.8, 4) is 5.75 Å². The molecule has 0 aliphatic carbocycles. The van der Waals surface area contributed by atoms with E-state index in [9.17, 15) is 9.59 Å². The third-order valence-corrected chi connectivity index (χ3v) is 6.44. The Labute approximate surface area is 219 Å². The van der Waals surface area contributed by atoms with Crippen LogP contribution in [-0.2, 0) is 22.6 Å². The molecule has 0 spiro atoms. The number of aryl methyl sites for hydroxylation is 2. The first-order valence-electron chi connectivity index (χ1n) is 12.3. The van der Waals surface area contributed by atoms with E-state index < -0.39 is 6.04 Å². The van der Waals surface area contributed by atoms with Gasteiger partial charge in [-0.25, -0.2) is 0 Å². The van der Waals surface area contributed by atoms with Gasteiger partial charge in [0.25, 0.3) is 5.91 Å². The maximum atomic E-state index is 13.7. The van der Waals surface area contributed by atoms with E-state index >= 15 is 0 Å². The van der Waals surface area contributed by atoms with Crippen LogP contribution in [0.15, 0.2) is 72.8 Å². The van der Waals surface area contributed by atoms with Gasteiger partial charge in [0.2, 0.25) is 5.91 Å². The minimum atomic E-state index is -0.713. The Morgan fingerprint density at radius 2 is 1.69 bits per heavy atom. The van der Waals surface area contributed by atoms with Gasteiger partial charge in [-0.3, -0.25) is 9.59 Å². The summed E-state index contributed by atoms with van der Waals surface area (Å²) in [6.45, 7) is 7.97. The summed E-state index contributed by atoms with van der Waals surface area (Å²) >= 11 is 6.23. The lowest BCUT2D eigenvalue weighted by Crippen LogP contribution is -2.53. The van der Waals surface area contributed by atoms with Crippen LogP contribution in [0.4, 0.5) is 0 Å². The maximum Gasteiger partial charge on any atom is 0.261 e. The maximum absolute atomic E-state index is 13.7. The molecule has 0 bridgehead atoms. The smallest absolute Gasteiger partial charge is 0.261 e. The highest BCUT2D eigenvalue weighted by atomic mass is 35.5. The first-order valence-corrected chi connectivity index (χ1v) is 12.7. The molecular weight excluding hydrogens is 472 g/mol. The highest BCUT2D eigenvalue weighted by molar-refractivity contribution is 6.30. The fourth-order valence-corrected chi connectivity index (χ4v) is 4.13. The van der Waals surface area contributed by atoms with Gasteiger partial charge in [-0.1, -0.05) is 73.1 Å². The van der Waals surface area contributed by atoms with Crippen LogP contribution in [0.3, 0.4) is 0 Å². The number of carbonyl (C=O) groups is 2. The minimum Gasteiger partial charge on any atom is -0.483 e. The standard InChI is InChI=1S/C30H35ClN2O3/c1-5-23(4)32-30(35)27(18-24-10-7-6-8-11-24)33(19-25-12-9-13-26(31)17-25)29(34)20-36-28-16-21(2)14-15-22(28)3/h6-17,23,27H,5,18-20H2,1-4H3,(H,32,35)/t23-,27+/m0/s1. The molecule has 3 rings (SSSR count). The van der Waals surface area contributed by atoms with Crippen molar-refractivity contribution in [3.63, 3.8) is 0 Å². The zero-order chi connectivity index (χ0) is 26.1. The fourth-order valence-electron chi connectivity index (χ4n) is 3.91. The lowest BCUT2D eigenvalue weighted by atomic mass is 10.0. The zero-order valence-corrected chi connectivity index (χ0v) is 22.2. The van der Waals surface area contributed by atoms with Gasteiger partial charge in [-0.05, 0) is 67.6 Å². The molecule has 0 aromatic heterocycles. The summed E-state index contributed by atoms with van der Waals surface area (Å²) < 4.78 is 5.96. The van der Waals surface area contributed by atoms with Crippen LogP contribution in [0.2, 0.25) is 5.02 Å². The summed E-state index contributed by atoms with van der Waals surface area (Å²) in [5, 5.41) is 3.65. The SMILES string of the molecule is CC[C@H](C)NC(=O)[C@@H](Cc1ccccc1)N(Cc1cccc(Cl)c1)C(=O)COc1cc(C)ccc1C. The van der Waals surface area contributed by atoms with E-state index in [1.165, 1.54) is 0 Å². The number of carbonyl (C=O) groups excluding carboxylic acids is 2. The quantitative estimate of drug-likeness (QED) is 0.352. The molecule has 0 fully saturated rings. The lowest BCUT2D eigenvalue weighted by Gasteiger charge is -2.32. The second-order valence-corrected chi connectivity index (χ2v) is 9.67. The second kappa shape index (κ2) is 13.1. The molecule has 0 radical (unpaired) electrons. The van der Waals surface area contributed by atoms with Crippen LogP contribution in [0.1, 0.15) is 42.5 Å². The molecular formula is C30H35ClN2O3. The number of amides is 2. The second-order valence-electron chi connectivity index (χ2n) is 9.23. The summed E-state index contributed by atoms with van der Waals surface area (Å²) in [6, 6.07) is 22.3. The highest BCUT2D eigenvalue weighted by Gasteiger charge is 2.31. The first-order chi connectivity index (χ1) is 17.3. The van der Waals surface area contributed by atoms with Crippen molar-refractivity contribution in [2.75, 3.05) is 6.61 Å².